The van der Waals surface area contributed by atoms with Crippen molar-refractivity contribution in [2.45, 2.75) is 39.5 Å². The van der Waals surface area contributed by atoms with Gasteiger partial charge in [0.1, 0.15) is 25.2 Å². The fourth-order valence-corrected chi connectivity index (χ4v) is 2.63. The van der Waals surface area contributed by atoms with E-state index >= 15 is 0 Å². The lowest BCUT2D eigenvalue weighted by Crippen LogP contribution is -2.18. The zero-order valence-corrected chi connectivity index (χ0v) is 16.0. The van der Waals surface area contributed by atoms with Gasteiger partial charge in [0, 0.05) is 5.41 Å². The first-order chi connectivity index (χ1) is 12.6. The molecule has 0 unspecified atom stereocenters. The van der Waals surface area contributed by atoms with E-state index in [0.717, 1.165) is 12.2 Å². The third-order valence-electron chi connectivity index (χ3n) is 4.37. The summed E-state index contributed by atoms with van der Waals surface area (Å²) in [5, 5.41) is 4.47. The van der Waals surface area contributed by atoms with Crippen LogP contribution in [0.25, 0.3) is 0 Å². The highest BCUT2D eigenvalue weighted by Gasteiger charge is 2.22. The highest BCUT2D eigenvalue weighted by molar-refractivity contribution is 5.40. The lowest BCUT2D eigenvalue weighted by molar-refractivity contribution is -0.490. The molecule has 26 heavy (non-hydrogen) atoms. The Balaban J connectivity index is 1.89. The van der Waals surface area contributed by atoms with Crippen LogP contribution in [0.3, 0.4) is 0 Å². The molecule has 0 spiro atoms. The molecule has 0 fully saturated rings. The molecule has 0 atom stereocenters. The van der Waals surface area contributed by atoms with Gasteiger partial charge in [0.15, 0.2) is 0 Å². The molecular formula is C22H28O4. The predicted molar refractivity (Wildman–Crippen MR) is 103 cm³/mol. The topological polar surface area (TPSA) is 36.9 Å². The second-order valence-corrected chi connectivity index (χ2v) is 6.50. The van der Waals surface area contributed by atoms with Crippen molar-refractivity contribution in [2.24, 2.45) is 0 Å². The molecule has 0 aliphatic heterocycles. The van der Waals surface area contributed by atoms with Crippen molar-refractivity contribution in [3.05, 3.63) is 77.6 Å². The van der Waals surface area contributed by atoms with Gasteiger partial charge in [-0.15, -0.1) is 0 Å². The van der Waals surface area contributed by atoms with Gasteiger partial charge in [0.05, 0.1) is 0 Å². The van der Waals surface area contributed by atoms with E-state index in [2.05, 4.69) is 67.1 Å². The summed E-state index contributed by atoms with van der Waals surface area (Å²) in [7, 11) is 0. The third-order valence-corrected chi connectivity index (χ3v) is 4.37. The maximum Gasteiger partial charge on any atom is 0.128 e. The Bertz CT molecular complexity index is 672. The Hall–Kier alpha value is -2.30. The molecule has 0 radical (unpaired) electrons. The molecule has 0 saturated heterocycles. The van der Waals surface area contributed by atoms with Gasteiger partial charge in [0.2, 0.25) is 0 Å². The van der Waals surface area contributed by atoms with Crippen LogP contribution in [-0.4, -0.2) is 13.2 Å². The summed E-state index contributed by atoms with van der Waals surface area (Å²) in [6.07, 6.45) is 4.14. The number of ether oxygens (including phenoxy) is 1. The summed E-state index contributed by atoms with van der Waals surface area (Å²) in [6, 6.07) is 17.0. The SMILES string of the molecule is C/C=C/OOOCCOc1ccc(C(C)(C)c2ccc(CC)cc2)cc1. The Labute approximate surface area is 156 Å². The van der Waals surface area contributed by atoms with Crippen molar-refractivity contribution in [3.8, 4) is 5.75 Å². The van der Waals surface area contributed by atoms with Gasteiger partial charge in [-0.05, 0) is 53.3 Å². The van der Waals surface area contributed by atoms with Crippen LogP contribution in [0, 0.1) is 0 Å². The summed E-state index contributed by atoms with van der Waals surface area (Å²) >= 11 is 0. The minimum absolute atomic E-state index is 0.0636. The van der Waals surface area contributed by atoms with E-state index in [1.165, 1.54) is 23.0 Å². The van der Waals surface area contributed by atoms with Gasteiger partial charge in [-0.25, -0.2) is 0 Å². The van der Waals surface area contributed by atoms with E-state index < -0.39 is 0 Å². The molecule has 2 rings (SSSR count). The summed E-state index contributed by atoms with van der Waals surface area (Å²) in [5.41, 5.74) is 3.84. The molecule has 2 aromatic carbocycles. The van der Waals surface area contributed by atoms with E-state index in [1.54, 1.807) is 6.08 Å². The number of hydrogen-bond donors (Lipinski definition) is 0. The van der Waals surface area contributed by atoms with Gasteiger partial charge >= 0.3 is 0 Å². The summed E-state index contributed by atoms with van der Waals surface area (Å²) in [6.45, 7) is 9.11. The van der Waals surface area contributed by atoms with Crippen molar-refractivity contribution < 1.29 is 19.6 Å². The highest BCUT2D eigenvalue weighted by Crippen LogP contribution is 2.32. The number of benzene rings is 2. The second kappa shape index (κ2) is 10.00. The first-order valence-corrected chi connectivity index (χ1v) is 8.96. The first-order valence-electron chi connectivity index (χ1n) is 8.96. The average molecular weight is 356 g/mol. The number of allylic oxidation sites excluding steroid dienone is 1. The maximum absolute atomic E-state index is 5.64. The van der Waals surface area contributed by atoms with Gasteiger partial charge in [0.25, 0.3) is 0 Å². The molecule has 2 aromatic rings. The lowest BCUT2D eigenvalue weighted by atomic mass is 9.78. The second-order valence-electron chi connectivity index (χ2n) is 6.50. The van der Waals surface area contributed by atoms with Crippen molar-refractivity contribution in [3.63, 3.8) is 0 Å². The summed E-state index contributed by atoms with van der Waals surface area (Å²) < 4.78 is 5.64. The highest BCUT2D eigenvalue weighted by atomic mass is 17.5. The van der Waals surface area contributed by atoms with Crippen LogP contribution in [0.2, 0.25) is 0 Å². The van der Waals surface area contributed by atoms with E-state index in [0.29, 0.717) is 6.61 Å². The molecule has 4 nitrogen and oxygen atoms in total. The first kappa shape index (κ1) is 20.0. The van der Waals surface area contributed by atoms with Gasteiger partial charge < -0.3 is 9.62 Å². The van der Waals surface area contributed by atoms with Gasteiger partial charge in [-0.3, -0.25) is 0 Å². The molecule has 0 aromatic heterocycles. The fraction of sp³-hybridized carbons (Fsp3) is 0.364. The standard InChI is InChI=1S/C22H28O4/c1-5-15-24-26-25-17-16-23-21-13-11-20(12-14-21)22(3,4)19-9-7-18(6-2)8-10-19/h5,7-15H,6,16-17H2,1-4H3/b15-5+. The molecule has 140 valence electrons. The minimum atomic E-state index is -0.0636. The summed E-state index contributed by atoms with van der Waals surface area (Å²) in [5.74, 6) is 0.795. The Kier molecular flexibility index (Phi) is 7.70. The molecule has 0 bridgehead atoms. The van der Waals surface area contributed by atoms with Crippen molar-refractivity contribution in [1.29, 1.82) is 0 Å². The van der Waals surface area contributed by atoms with Gasteiger partial charge in [-0.2, -0.15) is 4.89 Å². The molecular weight excluding hydrogens is 328 g/mol. The Morgan fingerprint density at radius 2 is 1.50 bits per heavy atom. The zero-order valence-electron chi connectivity index (χ0n) is 16.0. The van der Waals surface area contributed by atoms with E-state index in [1.807, 2.05) is 19.1 Å². The number of rotatable bonds is 10. The smallest absolute Gasteiger partial charge is 0.128 e. The third kappa shape index (κ3) is 5.61. The van der Waals surface area contributed by atoms with E-state index in [4.69, 9.17) is 9.62 Å². The van der Waals surface area contributed by atoms with Crippen LogP contribution in [0.5, 0.6) is 5.75 Å². The molecule has 0 saturated carbocycles. The Morgan fingerprint density at radius 1 is 0.885 bits per heavy atom. The molecule has 0 aliphatic rings. The van der Waals surface area contributed by atoms with Crippen LogP contribution >= 0.6 is 0 Å². The fourth-order valence-electron chi connectivity index (χ4n) is 2.63. The molecule has 0 N–H and O–H groups in total. The van der Waals surface area contributed by atoms with Crippen molar-refractivity contribution in [2.75, 3.05) is 13.2 Å². The minimum Gasteiger partial charge on any atom is -0.491 e. The lowest BCUT2D eigenvalue weighted by Gasteiger charge is -2.26. The quantitative estimate of drug-likeness (QED) is 0.248. The predicted octanol–water partition coefficient (Wildman–Crippen LogP) is 5.37. The normalized spacial score (nSPS) is 11.7. The molecule has 0 aliphatic carbocycles. The average Bonchev–Trinajstić information content (AvgIpc) is 2.67. The van der Waals surface area contributed by atoms with Crippen molar-refractivity contribution >= 4 is 0 Å². The number of aryl methyl sites for hydroxylation is 1. The molecule has 0 heterocycles. The van der Waals surface area contributed by atoms with E-state index in [9.17, 15) is 0 Å². The van der Waals surface area contributed by atoms with Crippen LogP contribution in [-0.2, 0) is 26.6 Å². The summed E-state index contributed by atoms with van der Waals surface area (Å²) in [4.78, 5) is 9.40. The van der Waals surface area contributed by atoms with Crippen molar-refractivity contribution in [1.82, 2.24) is 0 Å². The monoisotopic (exact) mass is 356 g/mol. The van der Waals surface area contributed by atoms with Crippen LogP contribution in [0.15, 0.2) is 60.9 Å². The molecule has 0 amide bonds. The molecule has 4 heteroatoms. The van der Waals surface area contributed by atoms with Crippen LogP contribution in [0.4, 0.5) is 0 Å². The van der Waals surface area contributed by atoms with Crippen LogP contribution < -0.4 is 4.74 Å². The largest absolute Gasteiger partial charge is 0.491 e. The van der Waals surface area contributed by atoms with E-state index in [-0.39, 0.29) is 12.0 Å². The maximum atomic E-state index is 5.64. The number of hydrogen-bond acceptors (Lipinski definition) is 4. The zero-order chi connectivity index (χ0) is 18.8. The van der Waals surface area contributed by atoms with Crippen LogP contribution in [0.1, 0.15) is 44.4 Å². The van der Waals surface area contributed by atoms with Gasteiger partial charge in [-0.1, -0.05) is 57.2 Å². The Morgan fingerprint density at radius 3 is 2.08 bits per heavy atom.